The van der Waals surface area contributed by atoms with Crippen molar-refractivity contribution in [2.45, 2.75) is 43.8 Å². The van der Waals surface area contributed by atoms with Gasteiger partial charge in [0.25, 0.3) is 0 Å². The summed E-state index contributed by atoms with van der Waals surface area (Å²) in [6.07, 6.45) is 7.44. The van der Waals surface area contributed by atoms with E-state index in [1.807, 2.05) is 24.3 Å². The minimum Gasteiger partial charge on any atom is -0.493 e. The van der Waals surface area contributed by atoms with E-state index >= 15 is 0 Å². The Morgan fingerprint density at radius 2 is 2.07 bits per heavy atom. The number of thioether (sulfide) groups is 1. The number of carboxylic acids is 1. The number of benzene rings is 1. The van der Waals surface area contributed by atoms with Crippen molar-refractivity contribution in [3.8, 4) is 5.75 Å². The highest BCUT2D eigenvalue weighted by Gasteiger charge is 2.32. The van der Waals surface area contributed by atoms with Crippen molar-refractivity contribution in [3.63, 3.8) is 0 Å². The van der Waals surface area contributed by atoms with Crippen molar-refractivity contribution >= 4 is 35.0 Å². The summed E-state index contributed by atoms with van der Waals surface area (Å²) in [6, 6.07) is 7.59. The first-order valence-corrected chi connectivity index (χ1v) is 11.2. The smallest absolute Gasteiger partial charge is 0.305 e. The van der Waals surface area contributed by atoms with Gasteiger partial charge in [-0.05, 0) is 57.5 Å². The van der Waals surface area contributed by atoms with Crippen molar-refractivity contribution in [2.24, 2.45) is 10.2 Å². The van der Waals surface area contributed by atoms with Gasteiger partial charge in [-0.1, -0.05) is 30.3 Å². The van der Waals surface area contributed by atoms with Crippen molar-refractivity contribution in [2.75, 3.05) is 26.2 Å². The van der Waals surface area contributed by atoms with E-state index in [-0.39, 0.29) is 12.3 Å². The second kappa shape index (κ2) is 11.7. The molecular weight excluding hydrogens is 404 g/mol. The minimum atomic E-state index is -1.02. The molecule has 2 fully saturated rings. The molecule has 162 valence electrons. The number of carbonyl (C=O) groups excluding carboxylic acids is 1. The van der Waals surface area contributed by atoms with Crippen LogP contribution in [0.25, 0.3) is 0 Å². The van der Waals surface area contributed by atoms with Crippen LogP contribution in [0.5, 0.6) is 5.75 Å². The van der Waals surface area contributed by atoms with Crippen molar-refractivity contribution in [1.82, 2.24) is 10.2 Å². The lowest BCUT2D eigenvalue weighted by Gasteiger charge is -2.26. The molecule has 1 unspecified atom stereocenters. The average molecular weight is 433 g/mol. The predicted molar refractivity (Wildman–Crippen MR) is 118 cm³/mol. The predicted octanol–water partition coefficient (Wildman–Crippen LogP) is 2.73. The number of piperidine rings is 1. The molecule has 30 heavy (non-hydrogen) atoms. The maximum atomic E-state index is 11.7. The van der Waals surface area contributed by atoms with Gasteiger partial charge in [-0.25, -0.2) is 0 Å². The SMILES string of the molecule is O=C(O)CC1SC(=NN=Cc2ccccc2OCCCCN2CCCCC2)NC1=O. The van der Waals surface area contributed by atoms with Gasteiger partial charge in [-0.3, -0.25) is 9.59 Å². The zero-order chi connectivity index (χ0) is 21.2. The molecule has 2 aliphatic rings. The summed E-state index contributed by atoms with van der Waals surface area (Å²) in [7, 11) is 0. The van der Waals surface area contributed by atoms with E-state index in [0.717, 1.165) is 42.5 Å². The number of nitrogens with zero attached hydrogens (tertiary/aromatic N) is 3. The van der Waals surface area contributed by atoms with Crippen molar-refractivity contribution in [1.29, 1.82) is 0 Å². The van der Waals surface area contributed by atoms with Crippen LogP contribution in [0, 0.1) is 0 Å². The van der Waals surface area contributed by atoms with E-state index in [1.54, 1.807) is 6.21 Å². The largest absolute Gasteiger partial charge is 0.493 e. The lowest BCUT2D eigenvalue weighted by molar-refractivity contribution is -0.138. The summed E-state index contributed by atoms with van der Waals surface area (Å²) in [5, 5.41) is 19.0. The molecule has 2 heterocycles. The fraction of sp³-hybridized carbons (Fsp3) is 0.524. The van der Waals surface area contributed by atoms with Gasteiger partial charge in [0.1, 0.15) is 11.0 Å². The Morgan fingerprint density at radius 1 is 1.27 bits per heavy atom. The van der Waals surface area contributed by atoms with Crippen molar-refractivity contribution < 1.29 is 19.4 Å². The summed E-state index contributed by atoms with van der Waals surface area (Å²) in [5.41, 5.74) is 0.800. The zero-order valence-electron chi connectivity index (χ0n) is 17.0. The van der Waals surface area contributed by atoms with Gasteiger partial charge in [0.15, 0.2) is 5.17 Å². The van der Waals surface area contributed by atoms with Crippen LogP contribution >= 0.6 is 11.8 Å². The fourth-order valence-electron chi connectivity index (χ4n) is 3.41. The van der Waals surface area contributed by atoms with Crippen LogP contribution in [0.1, 0.15) is 44.1 Å². The quantitative estimate of drug-likeness (QED) is 0.335. The summed E-state index contributed by atoms with van der Waals surface area (Å²) < 4.78 is 5.93. The second-order valence-electron chi connectivity index (χ2n) is 7.34. The molecule has 1 atom stereocenters. The van der Waals surface area contributed by atoms with Gasteiger partial charge in [0.05, 0.1) is 19.2 Å². The molecule has 0 saturated carbocycles. The third-order valence-electron chi connectivity index (χ3n) is 4.98. The lowest BCUT2D eigenvalue weighted by atomic mass is 10.1. The number of ether oxygens (including phenoxy) is 1. The van der Waals surface area contributed by atoms with Crippen LogP contribution in [-0.4, -0.2) is 64.8 Å². The van der Waals surface area contributed by atoms with Gasteiger partial charge in [0.2, 0.25) is 5.91 Å². The van der Waals surface area contributed by atoms with Gasteiger partial charge in [-0.2, -0.15) is 5.10 Å². The molecule has 0 aromatic heterocycles. The number of para-hydroxylation sites is 1. The van der Waals surface area contributed by atoms with Crippen LogP contribution in [-0.2, 0) is 9.59 Å². The average Bonchev–Trinajstić information content (AvgIpc) is 3.08. The highest BCUT2D eigenvalue weighted by molar-refractivity contribution is 8.15. The maximum Gasteiger partial charge on any atom is 0.305 e. The van der Waals surface area contributed by atoms with E-state index in [0.29, 0.717) is 11.8 Å². The summed E-state index contributed by atoms with van der Waals surface area (Å²) in [6.45, 7) is 4.23. The Hall–Kier alpha value is -2.39. The number of likely N-dealkylation sites (tertiary alicyclic amines) is 1. The number of rotatable bonds is 10. The standard InChI is InChI=1S/C21H28N4O4S/c26-19(27)14-18-20(28)23-21(30-18)24-22-15-16-8-2-3-9-17(16)29-13-7-6-12-25-10-4-1-5-11-25/h2-3,8-9,15,18H,1,4-7,10-14H2,(H,26,27)(H,23,24,28). The second-order valence-corrected chi connectivity index (χ2v) is 8.53. The van der Waals surface area contributed by atoms with Gasteiger partial charge < -0.3 is 20.1 Å². The number of hydrogen-bond donors (Lipinski definition) is 2. The van der Waals surface area contributed by atoms with E-state index in [9.17, 15) is 9.59 Å². The summed E-state index contributed by atoms with van der Waals surface area (Å²) in [4.78, 5) is 25.0. The van der Waals surface area contributed by atoms with Gasteiger partial charge in [-0.15, -0.1) is 5.10 Å². The van der Waals surface area contributed by atoms with Crippen LogP contribution in [0.3, 0.4) is 0 Å². The lowest BCUT2D eigenvalue weighted by Crippen LogP contribution is -2.30. The third-order valence-corrected chi connectivity index (χ3v) is 6.05. The maximum absolute atomic E-state index is 11.7. The molecule has 8 nitrogen and oxygen atoms in total. The molecule has 0 radical (unpaired) electrons. The van der Waals surface area contributed by atoms with Gasteiger partial charge >= 0.3 is 5.97 Å². The molecule has 2 N–H and O–H groups in total. The number of amides is 1. The minimum absolute atomic E-state index is 0.242. The van der Waals surface area contributed by atoms with Gasteiger partial charge in [0, 0.05) is 5.56 Å². The first-order chi connectivity index (χ1) is 14.6. The van der Waals surface area contributed by atoms with Crippen molar-refractivity contribution in [3.05, 3.63) is 29.8 Å². The monoisotopic (exact) mass is 432 g/mol. The molecule has 1 aromatic carbocycles. The number of carboxylic acid groups (broad SMARTS) is 1. The third kappa shape index (κ3) is 7.14. The number of unbranched alkanes of at least 4 members (excludes halogenated alkanes) is 1. The Bertz CT molecular complexity index is 793. The highest BCUT2D eigenvalue weighted by atomic mass is 32.2. The molecular formula is C21H28N4O4S. The van der Waals surface area contributed by atoms with E-state index < -0.39 is 11.2 Å². The normalized spacial score (nSPS) is 21.3. The number of amidine groups is 1. The molecule has 2 saturated heterocycles. The summed E-state index contributed by atoms with van der Waals surface area (Å²) in [5.74, 6) is -0.634. The molecule has 9 heteroatoms. The van der Waals surface area contributed by atoms with Crippen LogP contribution < -0.4 is 10.1 Å². The Morgan fingerprint density at radius 3 is 2.87 bits per heavy atom. The highest BCUT2D eigenvalue weighted by Crippen LogP contribution is 2.22. The number of carbonyl (C=O) groups is 2. The number of hydrogen-bond acceptors (Lipinski definition) is 7. The number of nitrogens with one attached hydrogen (secondary N) is 1. The Balaban J connectivity index is 1.45. The molecule has 0 aliphatic carbocycles. The van der Waals surface area contributed by atoms with Crippen LogP contribution in [0.15, 0.2) is 34.5 Å². The molecule has 2 aliphatic heterocycles. The Labute approximate surface area is 180 Å². The zero-order valence-corrected chi connectivity index (χ0v) is 17.8. The first kappa shape index (κ1) is 22.3. The molecule has 0 bridgehead atoms. The van der Waals surface area contributed by atoms with E-state index in [4.69, 9.17) is 9.84 Å². The summed E-state index contributed by atoms with van der Waals surface area (Å²) >= 11 is 1.08. The molecule has 3 rings (SSSR count). The molecule has 1 aromatic rings. The van der Waals surface area contributed by atoms with E-state index in [1.165, 1.54) is 32.4 Å². The number of aliphatic carboxylic acids is 1. The van der Waals surface area contributed by atoms with Crippen LogP contribution in [0.4, 0.5) is 0 Å². The first-order valence-electron chi connectivity index (χ1n) is 10.4. The fourth-order valence-corrected chi connectivity index (χ4v) is 4.33. The molecule has 0 spiro atoms. The Kier molecular flexibility index (Phi) is 8.70. The van der Waals surface area contributed by atoms with Crippen LogP contribution in [0.2, 0.25) is 0 Å². The van der Waals surface area contributed by atoms with E-state index in [2.05, 4.69) is 20.4 Å². The topological polar surface area (TPSA) is 104 Å². The molecule has 1 amide bonds.